The molecule has 13 heteroatoms. The summed E-state index contributed by atoms with van der Waals surface area (Å²) in [5, 5.41) is 17.7. The summed E-state index contributed by atoms with van der Waals surface area (Å²) in [5.41, 5.74) is 0.0983. The monoisotopic (exact) mass is 459 g/mol. The zero-order valence-electron chi connectivity index (χ0n) is 14.6. The minimum Gasteiger partial charge on any atom is -0.406 e. The molecule has 30 heavy (non-hydrogen) atoms. The average molecular weight is 460 g/mol. The van der Waals surface area contributed by atoms with Crippen molar-refractivity contribution in [2.24, 2.45) is 0 Å². The van der Waals surface area contributed by atoms with Gasteiger partial charge in [-0.1, -0.05) is 23.2 Å². The molecule has 0 amide bonds. The maximum absolute atomic E-state index is 12.3. The lowest BCUT2D eigenvalue weighted by atomic mass is 10.3. The number of anilines is 4. The Labute approximate surface area is 176 Å². The summed E-state index contributed by atoms with van der Waals surface area (Å²) in [6.07, 6.45) is -3.75. The first-order chi connectivity index (χ1) is 14.1. The summed E-state index contributed by atoms with van der Waals surface area (Å²) in [4.78, 5) is 18.6. The molecule has 8 nitrogen and oxygen atoms in total. The third kappa shape index (κ3) is 5.61. The highest BCUT2D eigenvalue weighted by Gasteiger charge is 2.31. The van der Waals surface area contributed by atoms with Gasteiger partial charge in [0.15, 0.2) is 0 Å². The SMILES string of the molecule is O=[N+]([O-])c1c(Nc2ccc(OC(F)(F)F)cc2)ncnc1Nc1cc(Cl)cc(Cl)c1. The van der Waals surface area contributed by atoms with Crippen LogP contribution in [-0.2, 0) is 0 Å². The van der Waals surface area contributed by atoms with E-state index in [0.717, 1.165) is 18.5 Å². The number of hydrogen-bond acceptors (Lipinski definition) is 7. The fraction of sp³-hybridized carbons (Fsp3) is 0.0588. The molecule has 156 valence electrons. The Bertz CT molecular complexity index is 1060. The van der Waals surface area contributed by atoms with Gasteiger partial charge in [-0.3, -0.25) is 10.1 Å². The van der Waals surface area contributed by atoms with Gasteiger partial charge in [0.2, 0.25) is 11.6 Å². The smallest absolute Gasteiger partial charge is 0.406 e. The molecule has 0 fully saturated rings. The van der Waals surface area contributed by atoms with Crippen molar-refractivity contribution in [1.29, 1.82) is 0 Å². The zero-order chi connectivity index (χ0) is 21.9. The summed E-state index contributed by atoms with van der Waals surface area (Å²) in [6.45, 7) is 0. The van der Waals surface area contributed by atoms with Crippen molar-refractivity contribution < 1.29 is 22.8 Å². The number of nitro groups is 1. The van der Waals surface area contributed by atoms with Crippen molar-refractivity contribution in [1.82, 2.24) is 9.97 Å². The molecule has 0 aliphatic carbocycles. The van der Waals surface area contributed by atoms with Crippen molar-refractivity contribution in [2.45, 2.75) is 6.36 Å². The van der Waals surface area contributed by atoms with E-state index in [0.29, 0.717) is 15.7 Å². The standard InChI is InChI=1S/C17H10Cl2F3N5O3/c18-9-5-10(19)7-12(6-9)26-16-14(27(28)29)15(23-8-24-16)25-11-1-3-13(4-2-11)30-17(20,21)22/h1-8H,(H2,23,24,25,26). The van der Waals surface area contributed by atoms with Gasteiger partial charge in [0, 0.05) is 21.4 Å². The van der Waals surface area contributed by atoms with Crippen LogP contribution in [0.15, 0.2) is 48.8 Å². The number of halogens is 5. The fourth-order valence-corrected chi connectivity index (χ4v) is 2.90. The normalized spacial score (nSPS) is 11.1. The molecular weight excluding hydrogens is 450 g/mol. The molecule has 0 aliphatic rings. The third-order valence-corrected chi connectivity index (χ3v) is 3.92. The predicted octanol–water partition coefficient (Wildman–Crippen LogP) is 6.08. The van der Waals surface area contributed by atoms with Crippen LogP contribution in [0.2, 0.25) is 10.0 Å². The van der Waals surface area contributed by atoms with Crippen LogP contribution < -0.4 is 15.4 Å². The lowest BCUT2D eigenvalue weighted by Gasteiger charge is -2.12. The van der Waals surface area contributed by atoms with E-state index in [1.165, 1.54) is 30.3 Å². The summed E-state index contributed by atoms with van der Waals surface area (Å²) < 4.78 is 40.5. The summed E-state index contributed by atoms with van der Waals surface area (Å²) in [5.74, 6) is -0.770. The van der Waals surface area contributed by atoms with E-state index >= 15 is 0 Å². The van der Waals surface area contributed by atoms with Crippen molar-refractivity contribution in [3.8, 4) is 5.75 Å². The molecule has 0 saturated carbocycles. The molecule has 3 aromatic rings. The van der Waals surface area contributed by atoms with Gasteiger partial charge in [-0.05, 0) is 42.5 Å². The topological polar surface area (TPSA) is 102 Å². The molecule has 0 atom stereocenters. The van der Waals surface area contributed by atoms with E-state index in [2.05, 4.69) is 25.3 Å². The molecule has 0 radical (unpaired) electrons. The molecular formula is C17H10Cl2F3N5O3. The second kappa shape index (κ2) is 8.59. The molecule has 2 N–H and O–H groups in total. The lowest BCUT2D eigenvalue weighted by molar-refractivity contribution is -0.383. The van der Waals surface area contributed by atoms with E-state index < -0.39 is 22.7 Å². The van der Waals surface area contributed by atoms with Crippen molar-refractivity contribution >= 4 is 51.9 Å². The molecule has 0 spiro atoms. The lowest BCUT2D eigenvalue weighted by Crippen LogP contribution is -2.17. The Hall–Kier alpha value is -3.31. The number of nitrogens with zero attached hydrogens (tertiary/aromatic N) is 3. The third-order valence-electron chi connectivity index (χ3n) is 3.48. The number of rotatable bonds is 6. The highest BCUT2D eigenvalue weighted by Crippen LogP contribution is 2.34. The Kier molecular flexibility index (Phi) is 6.13. The molecule has 0 unspecified atom stereocenters. The van der Waals surface area contributed by atoms with E-state index in [1.54, 1.807) is 0 Å². The minimum absolute atomic E-state index is 0.146. The minimum atomic E-state index is -4.83. The van der Waals surface area contributed by atoms with Gasteiger partial charge in [-0.15, -0.1) is 13.2 Å². The summed E-state index contributed by atoms with van der Waals surface area (Å²) >= 11 is 11.9. The van der Waals surface area contributed by atoms with Crippen molar-refractivity contribution in [2.75, 3.05) is 10.6 Å². The highest BCUT2D eigenvalue weighted by atomic mass is 35.5. The van der Waals surface area contributed by atoms with Crippen LogP contribution in [0.1, 0.15) is 0 Å². The quantitative estimate of drug-likeness (QED) is 0.340. The summed E-state index contributed by atoms with van der Waals surface area (Å²) in [6, 6.07) is 9.07. The first-order valence-electron chi connectivity index (χ1n) is 7.96. The van der Waals surface area contributed by atoms with Crippen LogP contribution >= 0.6 is 23.2 Å². The van der Waals surface area contributed by atoms with Gasteiger partial charge in [-0.2, -0.15) is 0 Å². The molecule has 0 bridgehead atoms. The summed E-state index contributed by atoms with van der Waals surface area (Å²) in [7, 11) is 0. The maximum atomic E-state index is 12.3. The van der Waals surface area contributed by atoms with Gasteiger partial charge < -0.3 is 15.4 Å². The predicted molar refractivity (Wildman–Crippen MR) is 105 cm³/mol. The van der Waals surface area contributed by atoms with E-state index in [1.807, 2.05) is 0 Å². The average Bonchev–Trinajstić information content (AvgIpc) is 2.61. The number of aromatic nitrogens is 2. The van der Waals surface area contributed by atoms with Crippen LogP contribution in [0.5, 0.6) is 5.75 Å². The van der Waals surface area contributed by atoms with Crippen LogP contribution in [0.3, 0.4) is 0 Å². The second-order valence-corrected chi connectivity index (χ2v) is 6.53. The highest BCUT2D eigenvalue weighted by molar-refractivity contribution is 6.35. The first-order valence-corrected chi connectivity index (χ1v) is 8.71. The Morgan fingerprint density at radius 3 is 1.97 bits per heavy atom. The van der Waals surface area contributed by atoms with E-state index in [9.17, 15) is 23.3 Å². The molecule has 1 heterocycles. The molecule has 2 aromatic carbocycles. The van der Waals surface area contributed by atoms with Crippen LogP contribution in [0, 0.1) is 10.1 Å². The largest absolute Gasteiger partial charge is 0.573 e. The molecule has 0 aliphatic heterocycles. The number of alkyl halides is 3. The van der Waals surface area contributed by atoms with Crippen molar-refractivity contribution in [3.63, 3.8) is 0 Å². The Morgan fingerprint density at radius 1 is 0.933 bits per heavy atom. The number of nitrogens with one attached hydrogen (secondary N) is 2. The first kappa shape index (κ1) is 21.4. The van der Waals surface area contributed by atoms with Gasteiger partial charge in [-0.25, -0.2) is 9.97 Å². The van der Waals surface area contributed by atoms with Crippen LogP contribution in [0.4, 0.5) is 41.9 Å². The van der Waals surface area contributed by atoms with Gasteiger partial charge in [0.1, 0.15) is 12.1 Å². The van der Waals surface area contributed by atoms with Gasteiger partial charge >= 0.3 is 12.0 Å². The van der Waals surface area contributed by atoms with E-state index in [-0.39, 0.29) is 17.3 Å². The van der Waals surface area contributed by atoms with Gasteiger partial charge in [0.05, 0.1) is 4.92 Å². The van der Waals surface area contributed by atoms with Crippen LogP contribution in [-0.4, -0.2) is 21.3 Å². The van der Waals surface area contributed by atoms with Crippen LogP contribution in [0.25, 0.3) is 0 Å². The zero-order valence-corrected chi connectivity index (χ0v) is 16.1. The maximum Gasteiger partial charge on any atom is 0.573 e. The fourth-order valence-electron chi connectivity index (χ4n) is 2.37. The van der Waals surface area contributed by atoms with E-state index in [4.69, 9.17) is 23.2 Å². The molecule has 3 rings (SSSR count). The Morgan fingerprint density at radius 2 is 1.47 bits per heavy atom. The number of ether oxygens (including phenoxy) is 1. The molecule has 0 saturated heterocycles. The number of hydrogen-bond donors (Lipinski definition) is 2. The second-order valence-electron chi connectivity index (χ2n) is 5.66. The Balaban J connectivity index is 1.88. The molecule has 1 aromatic heterocycles. The van der Waals surface area contributed by atoms with Gasteiger partial charge in [0.25, 0.3) is 0 Å². The number of benzene rings is 2. The van der Waals surface area contributed by atoms with Crippen molar-refractivity contribution in [3.05, 3.63) is 69.0 Å².